The van der Waals surface area contributed by atoms with Crippen LogP contribution in [-0.2, 0) is 0 Å². The van der Waals surface area contributed by atoms with Crippen LogP contribution in [0, 0.1) is 12.8 Å². The molecule has 2 heterocycles. The normalized spacial score (nSPS) is 26.1. The van der Waals surface area contributed by atoms with Crippen LogP contribution < -0.4 is 10.6 Å². The van der Waals surface area contributed by atoms with Crippen LogP contribution in [-0.4, -0.2) is 27.5 Å². The second-order valence-electron chi connectivity index (χ2n) is 6.01. The zero-order chi connectivity index (χ0) is 14.1. The molecule has 0 amide bonds. The molecule has 0 aromatic carbocycles. The van der Waals surface area contributed by atoms with Gasteiger partial charge in [-0.1, -0.05) is 25.1 Å². The van der Waals surface area contributed by atoms with Gasteiger partial charge in [0, 0.05) is 18.3 Å². The molecule has 4 nitrogen and oxygen atoms in total. The molecule has 1 aliphatic heterocycles. The maximum atomic E-state index is 5.74. The molecule has 1 aromatic heterocycles. The summed E-state index contributed by atoms with van der Waals surface area (Å²) in [6, 6.07) is 2.48. The SMILES string of the molecule is Cc1cc(C(N)=S)nc(N2CCC[C@H]3CCCC[C@H]32)n1. The van der Waals surface area contributed by atoms with Crippen molar-refractivity contribution in [3.63, 3.8) is 0 Å². The second-order valence-corrected chi connectivity index (χ2v) is 6.45. The quantitative estimate of drug-likeness (QED) is 0.848. The summed E-state index contributed by atoms with van der Waals surface area (Å²) in [4.78, 5) is 12.0. The molecule has 1 saturated carbocycles. The molecule has 0 spiro atoms. The maximum Gasteiger partial charge on any atom is 0.226 e. The van der Waals surface area contributed by atoms with Gasteiger partial charge in [0.05, 0.1) is 0 Å². The van der Waals surface area contributed by atoms with Gasteiger partial charge in [0.25, 0.3) is 0 Å². The van der Waals surface area contributed by atoms with Gasteiger partial charge in [-0.05, 0) is 44.6 Å². The Labute approximate surface area is 125 Å². The van der Waals surface area contributed by atoms with Gasteiger partial charge in [-0.15, -0.1) is 0 Å². The summed E-state index contributed by atoms with van der Waals surface area (Å²) in [6.07, 6.45) is 7.92. The van der Waals surface area contributed by atoms with Gasteiger partial charge >= 0.3 is 0 Å². The molecule has 0 radical (unpaired) electrons. The number of anilines is 1. The average molecular weight is 290 g/mol. The van der Waals surface area contributed by atoms with Gasteiger partial charge in [0.2, 0.25) is 5.95 Å². The highest BCUT2D eigenvalue weighted by Crippen LogP contribution is 2.36. The monoisotopic (exact) mass is 290 g/mol. The number of rotatable bonds is 2. The third-order valence-corrected chi connectivity index (χ3v) is 4.80. The van der Waals surface area contributed by atoms with Gasteiger partial charge in [0.1, 0.15) is 10.7 Å². The lowest BCUT2D eigenvalue weighted by atomic mass is 9.78. The fraction of sp³-hybridized carbons (Fsp3) is 0.667. The Bertz CT molecular complexity index is 515. The summed E-state index contributed by atoms with van der Waals surface area (Å²) in [5.41, 5.74) is 7.37. The Morgan fingerprint density at radius 3 is 2.80 bits per heavy atom. The maximum absolute atomic E-state index is 5.74. The number of piperidine rings is 1. The van der Waals surface area contributed by atoms with E-state index in [0.29, 0.717) is 16.7 Å². The highest BCUT2D eigenvalue weighted by atomic mass is 32.1. The average Bonchev–Trinajstić information content (AvgIpc) is 2.46. The largest absolute Gasteiger partial charge is 0.388 e. The predicted octanol–water partition coefficient (Wildman–Crippen LogP) is 2.58. The number of thiocarbonyl (C=S) groups is 1. The lowest BCUT2D eigenvalue weighted by molar-refractivity contribution is 0.241. The van der Waals surface area contributed by atoms with E-state index in [1.807, 2.05) is 13.0 Å². The van der Waals surface area contributed by atoms with Crippen molar-refractivity contribution < 1.29 is 0 Å². The number of aromatic nitrogens is 2. The number of fused-ring (bicyclic) bond motifs is 1. The molecular formula is C15H22N4S. The van der Waals surface area contributed by atoms with E-state index in [9.17, 15) is 0 Å². The Kier molecular flexibility index (Phi) is 3.87. The van der Waals surface area contributed by atoms with Crippen molar-refractivity contribution >= 4 is 23.2 Å². The van der Waals surface area contributed by atoms with Crippen LogP contribution in [0.4, 0.5) is 5.95 Å². The molecule has 20 heavy (non-hydrogen) atoms. The van der Waals surface area contributed by atoms with E-state index in [1.54, 1.807) is 0 Å². The number of nitrogens with two attached hydrogens (primary N) is 1. The van der Waals surface area contributed by atoms with Gasteiger partial charge < -0.3 is 10.6 Å². The van der Waals surface area contributed by atoms with Crippen LogP contribution in [0.5, 0.6) is 0 Å². The number of hydrogen-bond donors (Lipinski definition) is 1. The van der Waals surface area contributed by atoms with Gasteiger partial charge in [-0.3, -0.25) is 0 Å². The summed E-state index contributed by atoms with van der Waals surface area (Å²) in [5.74, 6) is 1.64. The molecule has 1 aliphatic carbocycles. The Hall–Kier alpha value is -1.23. The van der Waals surface area contributed by atoms with Crippen LogP contribution in [0.1, 0.15) is 49.9 Å². The van der Waals surface area contributed by atoms with Crippen LogP contribution in [0.25, 0.3) is 0 Å². The van der Waals surface area contributed by atoms with E-state index >= 15 is 0 Å². The van der Waals surface area contributed by atoms with Gasteiger partial charge in [0.15, 0.2) is 0 Å². The standard InChI is InChI=1S/C15H22N4S/c1-10-9-12(14(16)20)18-15(17-10)19-8-4-6-11-5-2-3-7-13(11)19/h9,11,13H,2-8H2,1H3,(H2,16,20)/t11-,13-/m1/s1. The van der Waals surface area contributed by atoms with Gasteiger partial charge in [-0.25, -0.2) is 9.97 Å². The highest BCUT2D eigenvalue weighted by Gasteiger charge is 2.34. The number of hydrogen-bond acceptors (Lipinski definition) is 4. The van der Waals surface area contributed by atoms with E-state index in [1.165, 1.54) is 38.5 Å². The van der Waals surface area contributed by atoms with E-state index in [0.717, 1.165) is 24.1 Å². The fourth-order valence-electron chi connectivity index (χ4n) is 3.68. The zero-order valence-electron chi connectivity index (χ0n) is 12.0. The molecule has 1 aromatic rings. The van der Waals surface area contributed by atoms with E-state index < -0.39 is 0 Å². The Morgan fingerprint density at radius 2 is 2.00 bits per heavy atom. The van der Waals surface area contributed by atoms with Crippen molar-refractivity contribution in [3.8, 4) is 0 Å². The molecule has 2 fully saturated rings. The van der Waals surface area contributed by atoms with E-state index in [-0.39, 0.29) is 0 Å². The lowest BCUT2D eigenvalue weighted by Crippen LogP contribution is -2.47. The van der Waals surface area contributed by atoms with Gasteiger partial charge in [-0.2, -0.15) is 0 Å². The van der Waals surface area contributed by atoms with Crippen LogP contribution in [0.15, 0.2) is 6.07 Å². The fourth-order valence-corrected chi connectivity index (χ4v) is 3.79. The van der Waals surface area contributed by atoms with Crippen LogP contribution in [0.2, 0.25) is 0 Å². The lowest BCUT2D eigenvalue weighted by Gasteiger charge is -2.44. The minimum Gasteiger partial charge on any atom is -0.388 e. The van der Waals surface area contributed by atoms with Crippen LogP contribution >= 0.6 is 12.2 Å². The van der Waals surface area contributed by atoms with Crippen molar-refractivity contribution in [1.82, 2.24) is 9.97 Å². The summed E-state index contributed by atoms with van der Waals surface area (Å²) < 4.78 is 0. The molecule has 1 saturated heterocycles. The molecular weight excluding hydrogens is 268 g/mol. The molecule has 5 heteroatoms. The van der Waals surface area contributed by atoms with Crippen molar-refractivity contribution in [3.05, 3.63) is 17.5 Å². The first-order valence-electron chi connectivity index (χ1n) is 7.57. The van der Waals surface area contributed by atoms with Crippen molar-refractivity contribution in [2.45, 2.75) is 51.5 Å². The molecule has 2 aliphatic rings. The zero-order valence-corrected chi connectivity index (χ0v) is 12.8. The van der Waals surface area contributed by atoms with E-state index in [4.69, 9.17) is 18.0 Å². The number of aryl methyl sites for hydroxylation is 1. The summed E-state index contributed by atoms with van der Waals surface area (Å²) in [6.45, 7) is 3.04. The summed E-state index contributed by atoms with van der Waals surface area (Å²) in [5, 5.41) is 0. The Morgan fingerprint density at radius 1 is 1.25 bits per heavy atom. The van der Waals surface area contributed by atoms with Crippen molar-refractivity contribution in [2.75, 3.05) is 11.4 Å². The molecule has 0 bridgehead atoms. The highest BCUT2D eigenvalue weighted by molar-refractivity contribution is 7.80. The first kappa shape index (κ1) is 13.7. The minimum absolute atomic E-state index is 0.356. The molecule has 108 valence electrons. The number of nitrogens with zero attached hydrogens (tertiary/aromatic N) is 3. The van der Waals surface area contributed by atoms with Crippen LogP contribution in [0.3, 0.4) is 0 Å². The second kappa shape index (κ2) is 5.64. The van der Waals surface area contributed by atoms with E-state index in [2.05, 4.69) is 14.9 Å². The summed E-state index contributed by atoms with van der Waals surface area (Å²) >= 11 is 5.07. The molecule has 0 unspecified atom stereocenters. The smallest absolute Gasteiger partial charge is 0.226 e. The predicted molar refractivity (Wildman–Crippen MR) is 85.0 cm³/mol. The van der Waals surface area contributed by atoms with Crippen molar-refractivity contribution in [2.24, 2.45) is 11.7 Å². The third-order valence-electron chi connectivity index (χ3n) is 4.59. The third kappa shape index (κ3) is 2.64. The molecule has 2 N–H and O–H groups in total. The first-order chi connectivity index (χ1) is 9.65. The van der Waals surface area contributed by atoms with Crippen molar-refractivity contribution in [1.29, 1.82) is 0 Å². The topological polar surface area (TPSA) is 55.0 Å². The molecule has 3 rings (SSSR count). The minimum atomic E-state index is 0.356. The Balaban J connectivity index is 1.92. The summed E-state index contributed by atoms with van der Waals surface area (Å²) in [7, 11) is 0. The first-order valence-corrected chi connectivity index (χ1v) is 7.98. The molecule has 2 atom stereocenters.